The first kappa shape index (κ1) is 16.4. The fraction of sp³-hybridized carbons (Fsp3) is 0.562. The minimum absolute atomic E-state index is 0.0463. The van der Waals surface area contributed by atoms with Crippen molar-refractivity contribution in [1.29, 1.82) is 0 Å². The van der Waals surface area contributed by atoms with E-state index in [1.807, 2.05) is 6.92 Å². The number of carbonyl (C=O) groups excluding carboxylic acids is 1. The third-order valence-electron chi connectivity index (χ3n) is 4.31. The highest BCUT2D eigenvalue weighted by molar-refractivity contribution is 9.10. The molecule has 0 aliphatic carbocycles. The Morgan fingerprint density at radius 1 is 1.43 bits per heavy atom. The highest BCUT2D eigenvalue weighted by atomic mass is 79.9. The van der Waals surface area contributed by atoms with Gasteiger partial charge in [-0.15, -0.1) is 0 Å². The summed E-state index contributed by atoms with van der Waals surface area (Å²) in [6.07, 6.45) is 2.25. The summed E-state index contributed by atoms with van der Waals surface area (Å²) >= 11 is 3.31. The van der Waals surface area contributed by atoms with Crippen molar-refractivity contribution in [2.75, 3.05) is 0 Å². The van der Waals surface area contributed by atoms with Crippen LogP contribution in [0.3, 0.4) is 0 Å². The van der Waals surface area contributed by atoms with Crippen molar-refractivity contribution in [2.45, 2.75) is 58.3 Å². The summed E-state index contributed by atoms with van der Waals surface area (Å²) in [6.45, 7) is 6.44. The molecule has 2 rings (SSSR count). The largest absolute Gasteiger partial charge is 0.351 e. The molecule has 3 atom stereocenters. The van der Waals surface area contributed by atoms with Crippen molar-refractivity contribution in [2.24, 2.45) is 0 Å². The lowest BCUT2D eigenvalue weighted by atomic mass is 10.1. The first-order valence-corrected chi connectivity index (χ1v) is 8.18. The van der Waals surface area contributed by atoms with Gasteiger partial charge in [-0.05, 0) is 51.8 Å². The SMILES string of the molecule is CC1CCC(C)N1C(C)C(=O)NCc1cc(Br)ccc1F. The maximum atomic E-state index is 13.7. The molecular weight excluding hydrogens is 335 g/mol. The Balaban J connectivity index is 1.96. The van der Waals surface area contributed by atoms with Crippen LogP contribution in [0, 0.1) is 5.82 Å². The summed E-state index contributed by atoms with van der Waals surface area (Å²) in [4.78, 5) is 14.5. The van der Waals surface area contributed by atoms with Gasteiger partial charge in [0.1, 0.15) is 5.82 Å². The lowest BCUT2D eigenvalue weighted by molar-refractivity contribution is -0.127. The zero-order valence-electron chi connectivity index (χ0n) is 12.7. The number of likely N-dealkylation sites (tertiary alicyclic amines) is 1. The van der Waals surface area contributed by atoms with Crippen molar-refractivity contribution < 1.29 is 9.18 Å². The van der Waals surface area contributed by atoms with Gasteiger partial charge in [0.15, 0.2) is 0 Å². The van der Waals surface area contributed by atoms with Crippen LogP contribution in [0.4, 0.5) is 4.39 Å². The molecule has 0 bridgehead atoms. The van der Waals surface area contributed by atoms with Crippen molar-refractivity contribution in [3.63, 3.8) is 0 Å². The third-order valence-corrected chi connectivity index (χ3v) is 4.80. The summed E-state index contributed by atoms with van der Waals surface area (Å²) < 4.78 is 14.5. The Hall–Kier alpha value is -0.940. The number of carbonyl (C=O) groups is 1. The predicted molar refractivity (Wildman–Crippen MR) is 85.4 cm³/mol. The Kier molecular flexibility index (Phi) is 5.38. The van der Waals surface area contributed by atoms with E-state index in [-0.39, 0.29) is 24.3 Å². The number of hydrogen-bond donors (Lipinski definition) is 1. The molecule has 1 saturated heterocycles. The number of halogens is 2. The van der Waals surface area contributed by atoms with Crippen molar-refractivity contribution in [1.82, 2.24) is 10.2 Å². The number of rotatable bonds is 4. The lowest BCUT2D eigenvalue weighted by Gasteiger charge is -2.31. The van der Waals surface area contributed by atoms with Crippen LogP contribution < -0.4 is 5.32 Å². The molecule has 0 aromatic heterocycles. The second-order valence-electron chi connectivity index (χ2n) is 5.85. The molecule has 1 aromatic carbocycles. The van der Waals surface area contributed by atoms with Crippen LogP contribution in [0.2, 0.25) is 0 Å². The first-order valence-electron chi connectivity index (χ1n) is 7.39. The molecule has 1 amide bonds. The number of benzene rings is 1. The fourth-order valence-corrected chi connectivity index (χ4v) is 3.53. The van der Waals surface area contributed by atoms with Crippen LogP contribution in [0.1, 0.15) is 39.2 Å². The van der Waals surface area contributed by atoms with Crippen LogP contribution in [0.15, 0.2) is 22.7 Å². The van der Waals surface area contributed by atoms with Gasteiger partial charge in [0.25, 0.3) is 0 Å². The molecule has 3 unspecified atom stereocenters. The summed E-state index contributed by atoms with van der Waals surface area (Å²) in [7, 11) is 0. The van der Waals surface area contributed by atoms with Gasteiger partial charge in [0.2, 0.25) is 5.91 Å². The Bertz CT molecular complexity index is 513. The van der Waals surface area contributed by atoms with Gasteiger partial charge in [0, 0.05) is 28.7 Å². The van der Waals surface area contributed by atoms with Gasteiger partial charge in [-0.2, -0.15) is 0 Å². The Morgan fingerprint density at radius 2 is 2.05 bits per heavy atom. The molecule has 1 aliphatic heterocycles. The predicted octanol–water partition coefficient (Wildman–Crippen LogP) is 3.47. The second-order valence-corrected chi connectivity index (χ2v) is 6.77. The van der Waals surface area contributed by atoms with Gasteiger partial charge in [0.05, 0.1) is 6.04 Å². The van der Waals surface area contributed by atoms with Crippen LogP contribution >= 0.6 is 15.9 Å². The van der Waals surface area contributed by atoms with E-state index in [1.165, 1.54) is 6.07 Å². The second kappa shape index (κ2) is 6.88. The molecule has 1 N–H and O–H groups in total. The van der Waals surface area contributed by atoms with Gasteiger partial charge in [-0.25, -0.2) is 4.39 Å². The Morgan fingerprint density at radius 3 is 2.67 bits per heavy atom. The molecular formula is C16H22BrFN2O. The molecule has 0 radical (unpaired) electrons. The van der Waals surface area contributed by atoms with Gasteiger partial charge < -0.3 is 5.32 Å². The summed E-state index contributed by atoms with van der Waals surface area (Å²) in [5.74, 6) is -0.343. The van der Waals surface area contributed by atoms with Crippen LogP contribution in [-0.4, -0.2) is 28.9 Å². The maximum absolute atomic E-state index is 13.7. The minimum atomic E-state index is -0.297. The average Bonchev–Trinajstić information content (AvgIpc) is 2.78. The van der Waals surface area contributed by atoms with E-state index >= 15 is 0 Å². The Labute approximate surface area is 134 Å². The smallest absolute Gasteiger partial charge is 0.237 e. The van der Waals surface area contributed by atoms with Crippen LogP contribution in [-0.2, 0) is 11.3 Å². The van der Waals surface area contributed by atoms with E-state index in [2.05, 4.69) is 40.0 Å². The number of nitrogens with one attached hydrogen (secondary N) is 1. The molecule has 1 aromatic rings. The first-order chi connectivity index (χ1) is 9.90. The van der Waals surface area contributed by atoms with Crippen molar-refractivity contribution >= 4 is 21.8 Å². The molecule has 21 heavy (non-hydrogen) atoms. The van der Waals surface area contributed by atoms with Crippen LogP contribution in [0.25, 0.3) is 0 Å². The molecule has 0 spiro atoms. The van der Waals surface area contributed by atoms with E-state index in [0.717, 1.165) is 17.3 Å². The average molecular weight is 357 g/mol. The zero-order valence-corrected chi connectivity index (χ0v) is 14.3. The van der Waals surface area contributed by atoms with Crippen LogP contribution in [0.5, 0.6) is 0 Å². The number of amides is 1. The molecule has 3 nitrogen and oxygen atoms in total. The molecule has 5 heteroatoms. The quantitative estimate of drug-likeness (QED) is 0.895. The van der Waals surface area contributed by atoms with E-state index in [0.29, 0.717) is 17.6 Å². The van der Waals surface area contributed by atoms with E-state index < -0.39 is 0 Å². The molecule has 1 fully saturated rings. The van der Waals surface area contributed by atoms with E-state index in [4.69, 9.17) is 0 Å². The zero-order chi connectivity index (χ0) is 15.6. The summed E-state index contributed by atoms with van der Waals surface area (Å²) in [6, 6.07) is 5.40. The maximum Gasteiger partial charge on any atom is 0.237 e. The lowest BCUT2D eigenvalue weighted by Crippen LogP contribution is -2.49. The molecule has 0 saturated carbocycles. The topological polar surface area (TPSA) is 32.3 Å². The van der Waals surface area contributed by atoms with Gasteiger partial charge in [-0.3, -0.25) is 9.69 Å². The summed E-state index contributed by atoms with van der Waals surface area (Å²) in [5.41, 5.74) is 0.493. The number of nitrogens with zero attached hydrogens (tertiary/aromatic N) is 1. The molecule has 1 aliphatic rings. The molecule has 116 valence electrons. The third kappa shape index (κ3) is 3.83. The monoisotopic (exact) mass is 356 g/mol. The van der Waals surface area contributed by atoms with Crippen molar-refractivity contribution in [3.8, 4) is 0 Å². The highest BCUT2D eigenvalue weighted by Crippen LogP contribution is 2.26. The van der Waals surface area contributed by atoms with Crippen molar-refractivity contribution in [3.05, 3.63) is 34.1 Å². The fourth-order valence-electron chi connectivity index (χ4n) is 3.12. The minimum Gasteiger partial charge on any atom is -0.351 e. The van der Waals surface area contributed by atoms with E-state index in [1.54, 1.807) is 12.1 Å². The standard InChI is InChI=1S/C16H22BrFN2O/c1-10-4-5-11(2)20(10)12(3)16(21)19-9-13-8-14(17)6-7-15(13)18/h6-8,10-12H,4-5,9H2,1-3H3,(H,19,21). The number of hydrogen-bond acceptors (Lipinski definition) is 2. The van der Waals surface area contributed by atoms with Gasteiger partial charge in [-0.1, -0.05) is 15.9 Å². The molecule has 1 heterocycles. The van der Waals surface area contributed by atoms with Gasteiger partial charge >= 0.3 is 0 Å². The highest BCUT2D eigenvalue weighted by Gasteiger charge is 2.34. The summed E-state index contributed by atoms with van der Waals surface area (Å²) in [5, 5.41) is 2.84. The van der Waals surface area contributed by atoms with E-state index in [9.17, 15) is 9.18 Å². The normalized spacial score (nSPS) is 24.0.